The summed E-state index contributed by atoms with van der Waals surface area (Å²) < 4.78 is 5.35. The molecular weight excluding hydrogens is 226 g/mol. The third kappa shape index (κ3) is 4.72. The summed E-state index contributed by atoms with van der Waals surface area (Å²) in [4.78, 5) is 6.78. The minimum Gasteiger partial charge on any atom is -0.379 e. The molecular formula is C14H23N3O. The molecule has 1 fully saturated rings. The minimum atomic E-state index is 0.520. The van der Waals surface area contributed by atoms with E-state index in [1.54, 1.807) is 0 Å². The van der Waals surface area contributed by atoms with Gasteiger partial charge < -0.3 is 10.1 Å². The van der Waals surface area contributed by atoms with E-state index in [0.717, 1.165) is 51.5 Å². The summed E-state index contributed by atoms with van der Waals surface area (Å²) in [6.45, 7) is 8.21. The normalized spacial score (nSPS) is 18.7. The molecule has 0 bridgehead atoms. The molecule has 0 aromatic carbocycles. The molecule has 18 heavy (non-hydrogen) atoms. The highest BCUT2D eigenvalue weighted by atomic mass is 16.5. The Morgan fingerprint density at radius 2 is 2.22 bits per heavy atom. The maximum absolute atomic E-state index is 5.35. The Bertz CT molecular complexity index is 325. The number of hydrogen-bond donors (Lipinski definition) is 1. The van der Waals surface area contributed by atoms with Crippen molar-refractivity contribution in [2.75, 3.05) is 39.4 Å². The Balaban J connectivity index is 1.61. The van der Waals surface area contributed by atoms with Crippen molar-refractivity contribution in [3.05, 3.63) is 30.1 Å². The number of hydrogen-bond acceptors (Lipinski definition) is 4. The number of nitrogens with one attached hydrogen (secondary N) is 1. The lowest BCUT2D eigenvalue weighted by Crippen LogP contribution is -2.44. The van der Waals surface area contributed by atoms with Gasteiger partial charge in [0.2, 0.25) is 0 Å². The summed E-state index contributed by atoms with van der Waals surface area (Å²) in [5.41, 5.74) is 1.16. The van der Waals surface area contributed by atoms with Crippen molar-refractivity contribution in [2.24, 2.45) is 0 Å². The molecule has 1 atom stereocenters. The van der Waals surface area contributed by atoms with Crippen LogP contribution in [0.25, 0.3) is 0 Å². The van der Waals surface area contributed by atoms with Gasteiger partial charge in [-0.3, -0.25) is 9.88 Å². The second kappa shape index (κ2) is 7.46. The molecule has 0 aliphatic carbocycles. The predicted molar refractivity (Wildman–Crippen MR) is 72.7 cm³/mol. The van der Waals surface area contributed by atoms with Gasteiger partial charge in [-0.1, -0.05) is 6.07 Å². The van der Waals surface area contributed by atoms with E-state index in [4.69, 9.17) is 4.74 Å². The van der Waals surface area contributed by atoms with Crippen LogP contribution in [-0.2, 0) is 11.2 Å². The highest BCUT2D eigenvalue weighted by molar-refractivity contribution is 5.03. The van der Waals surface area contributed by atoms with Crippen LogP contribution >= 0.6 is 0 Å². The van der Waals surface area contributed by atoms with Crippen LogP contribution in [-0.4, -0.2) is 55.3 Å². The van der Waals surface area contributed by atoms with Crippen LogP contribution in [0.3, 0.4) is 0 Å². The van der Waals surface area contributed by atoms with Crippen molar-refractivity contribution < 1.29 is 4.74 Å². The smallest absolute Gasteiger partial charge is 0.0594 e. The lowest BCUT2D eigenvalue weighted by Gasteiger charge is -2.29. The van der Waals surface area contributed by atoms with E-state index >= 15 is 0 Å². The van der Waals surface area contributed by atoms with E-state index in [1.165, 1.54) is 0 Å². The second-order valence-electron chi connectivity index (χ2n) is 4.84. The van der Waals surface area contributed by atoms with Crippen LogP contribution in [0.1, 0.15) is 12.6 Å². The van der Waals surface area contributed by atoms with Gasteiger partial charge in [0.05, 0.1) is 13.2 Å². The van der Waals surface area contributed by atoms with E-state index in [1.807, 2.05) is 18.3 Å². The van der Waals surface area contributed by atoms with E-state index in [2.05, 4.69) is 28.2 Å². The highest BCUT2D eigenvalue weighted by Gasteiger charge is 2.12. The Labute approximate surface area is 109 Å². The zero-order valence-corrected chi connectivity index (χ0v) is 11.1. The van der Waals surface area contributed by atoms with Gasteiger partial charge in [-0.25, -0.2) is 0 Å². The average molecular weight is 249 g/mol. The first-order valence-electron chi connectivity index (χ1n) is 6.78. The third-order valence-electron chi connectivity index (χ3n) is 3.24. The fraction of sp³-hybridized carbons (Fsp3) is 0.643. The van der Waals surface area contributed by atoms with Gasteiger partial charge in [0.25, 0.3) is 0 Å². The molecule has 0 saturated carbocycles. The molecule has 0 spiro atoms. The number of ether oxygens (including phenoxy) is 1. The molecule has 2 heterocycles. The van der Waals surface area contributed by atoms with Crippen molar-refractivity contribution in [1.29, 1.82) is 0 Å². The van der Waals surface area contributed by atoms with E-state index < -0.39 is 0 Å². The minimum absolute atomic E-state index is 0.520. The molecule has 1 unspecified atom stereocenters. The van der Waals surface area contributed by atoms with Crippen LogP contribution in [0, 0.1) is 0 Å². The number of morpholine rings is 1. The van der Waals surface area contributed by atoms with E-state index in [9.17, 15) is 0 Å². The van der Waals surface area contributed by atoms with Crippen molar-refractivity contribution in [3.63, 3.8) is 0 Å². The Morgan fingerprint density at radius 3 is 2.94 bits per heavy atom. The molecule has 1 saturated heterocycles. The van der Waals surface area contributed by atoms with Crippen LogP contribution in [0.15, 0.2) is 24.4 Å². The lowest BCUT2D eigenvalue weighted by atomic mass is 10.2. The van der Waals surface area contributed by atoms with E-state index in [-0.39, 0.29) is 0 Å². The predicted octanol–water partition coefficient (Wildman–Crippen LogP) is 0.934. The molecule has 4 nitrogen and oxygen atoms in total. The summed E-state index contributed by atoms with van der Waals surface area (Å²) in [6.07, 6.45) is 2.85. The maximum Gasteiger partial charge on any atom is 0.0594 e. The molecule has 4 heteroatoms. The number of aromatic nitrogens is 1. The second-order valence-corrected chi connectivity index (χ2v) is 4.84. The first-order chi connectivity index (χ1) is 8.84. The fourth-order valence-electron chi connectivity index (χ4n) is 2.23. The van der Waals surface area contributed by atoms with Gasteiger partial charge in [-0.2, -0.15) is 0 Å². The number of pyridine rings is 1. The van der Waals surface area contributed by atoms with Gasteiger partial charge >= 0.3 is 0 Å². The Kier molecular flexibility index (Phi) is 5.58. The van der Waals surface area contributed by atoms with E-state index in [0.29, 0.717) is 6.04 Å². The molecule has 100 valence electrons. The summed E-state index contributed by atoms with van der Waals surface area (Å²) in [7, 11) is 0. The zero-order valence-electron chi connectivity index (χ0n) is 11.1. The Morgan fingerprint density at radius 1 is 1.39 bits per heavy atom. The molecule has 1 aliphatic heterocycles. The highest BCUT2D eigenvalue weighted by Crippen LogP contribution is 1.99. The van der Waals surface area contributed by atoms with Gasteiger partial charge in [-0.15, -0.1) is 0 Å². The van der Waals surface area contributed by atoms with Gasteiger partial charge in [-0.05, 0) is 19.1 Å². The van der Waals surface area contributed by atoms with Crippen LogP contribution in [0.2, 0.25) is 0 Å². The molecule has 0 radical (unpaired) electrons. The summed E-state index contributed by atoms with van der Waals surface area (Å²) >= 11 is 0. The van der Waals surface area contributed by atoms with Crippen molar-refractivity contribution in [1.82, 2.24) is 15.2 Å². The SMILES string of the molecule is CC(CN1CCOCC1)NCCc1ccccn1. The monoisotopic (exact) mass is 249 g/mol. The average Bonchev–Trinajstić information content (AvgIpc) is 2.41. The molecule has 1 N–H and O–H groups in total. The number of rotatable bonds is 6. The quantitative estimate of drug-likeness (QED) is 0.814. The largest absolute Gasteiger partial charge is 0.379 e. The first kappa shape index (κ1) is 13.5. The van der Waals surface area contributed by atoms with Crippen LogP contribution in [0.4, 0.5) is 0 Å². The summed E-state index contributed by atoms with van der Waals surface area (Å²) in [5, 5.41) is 3.56. The third-order valence-corrected chi connectivity index (χ3v) is 3.24. The number of nitrogens with zero attached hydrogens (tertiary/aromatic N) is 2. The zero-order chi connectivity index (χ0) is 12.6. The molecule has 2 rings (SSSR count). The van der Waals surface area contributed by atoms with Crippen molar-refractivity contribution in [2.45, 2.75) is 19.4 Å². The molecule has 1 aliphatic rings. The Hall–Kier alpha value is -0.970. The maximum atomic E-state index is 5.35. The van der Waals surface area contributed by atoms with Gasteiger partial charge in [0.1, 0.15) is 0 Å². The topological polar surface area (TPSA) is 37.4 Å². The fourth-order valence-corrected chi connectivity index (χ4v) is 2.23. The molecule has 1 aromatic rings. The molecule has 1 aromatic heterocycles. The van der Waals surface area contributed by atoms with Crippen LogP contribution < -0.4 is 5.32 Å². The van der Waals surface area contributed by atoms with Crippen molar-refractivity contribution in [3.8, 4) is 0 Å². The standard InChI is InChI=1S/C14H23N3O/c1-13(12-17-8-10-18-11-9-17)15-7-5-14-4-2-3-6-16-14/h2-4,6,13,15H,5,7-12H2,1H3. The summed E-state index contributed by atoms with van der Waals surface area (Å²) in [6, 6.07) is 6.60. The van der Waals surface area contributed by atoms with Crippen LogP contribution in [0.5, 0.6) is 0 Å². The lowest BCUT2D eigenvalue weighted by molar-refractivity contribution is 0.0344. The van der Waals surface area contributed by atoms with Gasteiger partial charge in [0, 0.05) is 50.5 Å². The summed E-state index contributed by atoms with van der Waals surface area (Å²) in [5.74, 6) is 0. The first-order valence-corrected chi connectivity index (χ1v) is 6.78. The molecule has 0 amide bonds. The van der Waals surface area contributed by atoms with Gasteiger partial charge in [0.15, 0.2) is 0 Å². The van der Waals surface area contributed by atoms with Crippen molar-refractivity contribution >= 4 is 0 Å².